The maximum absolute atomic E-state index is 5.52. The SMILES string of the molecule is NC(=S)c1cc(NCc2cccnc2)ccn1. The summed E-state index contributed by atoms with van der Waals surface area (Å²) in [6, 6.07) is 7.62. The van der Waals surface area contributed by atoms with Crippen LogP contribution in [-0.4, -0.2) is 15.0 Å². The molecule has 4 nitrogen and oxygen atoms in total. The van der Waals surface area contributed by atoms with Crippen LogP contribution in [0.25, 0.3) is 0 Å². The van der Waals surface area contributed by atoms with E-state index in [4.69, 9.17) is 18.0 Å². The minimum absolute atomic E-state index is 0.301. The molecule has 5 heteroatoms. The van der Waals surface area contributed by atoms with Crippen LogP contribution in [-0.2, 0) is 6.54 Å². The first-order valence-corrected chi connectivity index (χ1v) is 5.55. The predicted molar refractivity (Wildman–Crippen MR) is 71.7 cm³/mol. The molecule has 0 bridgehead atoms. The van der Waals surface area contributed by atoms with Crippen molar-refractivity contribution in [3.05, 3.63) is 54.1 Å². The molecule has 0 unspecified atom stereocenters. The van der Waals surface area contributed by atoms with Crippen LogP contribution in [0.4, 0.5) is 5.69 Å². The lowest BCUT2D eigenvalue weighted by atomic mass is 10.2. The van der Waals surface area contributed by atoms with Gasteiger partial charge in [0.05, 0.1) is 5.69 Å². The van der Waals surface area contributed by atoms with Gasteiger partial charge in [-0.05, 0) is 23.8 Å². The number of thiocarbonyl (C=S) groups is 1. The summed E-state index contributed by atoms with van der Waals surface area (Å²) in [5, 5.41) is 3.26. The van der Waals surface area contributed by atoms with Crippen LogP contribution in [0.2, 0.25) is 0 Å². The van der Waals surface area contributed by atoms with Gasteiger partial charge in [-0.1, -0.05) is 18.3 Å². The normalized spacial score (nSPS) is 9.88. The molecule has 0 aromatic carbocycles. The van der Waals surface area contributed by atoms with Gasteiger partial charge in [-0.3, -0.25) is 9.97 Å². The highest BCUT2D eigenvalue weighted by Gasteiger charge is 1.99. The Hall–Kier alpha value is -2.01. The molecule has 0 atom stereocenters. The second-order valence-corrected chi connectivity index (χ2v) is 3.95. The van der Waals surface area contributed by atoms with E-state index in [1.165, 1.54) is 0 Å². The minimum atomic E-state index is 0.301. The second-order valence-electron chi connectivity index (χ2n) is 3.51. The van der Waals surface area contributed by atoms with E-state index in [1.807, 2.05) is 30.5 Å². The van der Waals surface area contributed by atoms with E-state index >= 15 is 0 Å². The number of pyridine rings is 2. The lowest BCUT2D eigenvalue weighted by Gasteiger charge is -2.07. The number of nitrogens with one attached hydrogen (secondary N) is 1. The Morgan fingerprint density at radius 1 is 1.35 bits per heavy atom. The van der Waals surface area contributed by atoms with Gasteiger partial charge >= 0.3 is 0 Å². The molecule has 86 valence electrons. The molecule has 0 aliphatic carbocycles. The number of hydrogen-bond donors (Lipinski definition) is 2. The standard InChI is InChI=1S/C12H12N4S/c13-12(17)11-6-10(3-5-15-11)16-8-9-2-1-4-14-7-9/h1-7H,8H2,(H2,13,17)(H,15,16). The second kappa shape index (κ2) is 5.36. The van der Waals surface area contributed by atoms with Gasteiger partial charge in [0.1, 0.15) is 4.99 Å². The molecule has 0 spiro atoms. The summed E-state index contributed by atoms with van der Waals surface area (Å²) in [5.41, 5.74) is 8.19. The van der Waals surface area contributed by atoms with Crippen molar-refractivity contribution in [1.82, 2.24) is 9.97 Å². The van der Waals surface area contributed by atoms with E-state index in [9.17, 15) is 0 Å². The summed E-state index contributed by atoms with van der Waals surface area (Å²) in [6.07, 6.45) is 5.25. The van der Waals surface area contributed by atoms with Crippen LogP contribution < -0.4 is 11.1 Å². The van der Waals surface area contributed by atoms with E-state index in [0.29, 0.717) is 17.2 Å². The van der Waals surface area contributed by atoms with Crippen LogP contribution in [0.15, 0.2) is 42.9 Å². The van der Waals surface area contributed by atoms with Crippen molar-refractivity contribution in [2.75, 3.05) is 5.32 Å². The first-order chi connectivity index (χ1) is 8.25. The van der Waals surface area contributed by atoms with E-state index < -0.39 is 0 Å². The summed E-state index contributed by atoms with van der Waals surface area (Å²) < 4.78 is 0. The van der Waals surface area contributed by atoms with E-state index in [2.05, 4.69) is 15.3 Å². The molecule has 2 aromatic rings. The van der Waals surface area contributed by atoms with Crippen molar-refractivity contribution >= 4 is 22.9 Å². The maximum atomic E-state index is 5.52. The Labute approximate surface area is 105 Å². The number of aromatic nitrogens is 2. The smallest absolute Gasteiger partial charge is 0.122 e. The number of nitrogens with two attached hydrogens (primary N) is 1. The van der Waals surface area contributed by atoms with Crippen molar-refractivity contribution in [2.45, 2.75) is 6.54 Å². The Bertz CT molecular complexity index is 513. The van der Waals surface area contributed by atoms with Gasteiger partial charge in [0.25, 0.3) is 0 Å². The van der Waals surface area contributed by atoms with Crippen molar-refractivity contribution < 1.29 is 0 Å². The third-order valence-corrected chi connectivity index (χ3v) is 2.44. The molecule has 0 saturated carbocycles. The van der Waals surface area contributed by atoms with Crippen LogP contribution in [0.5, 0.6) is 0 Å². The highest BCUT2D eigenvalue weighted by atomic mass is 32.1. The largest absolute Gasteiger partial charge is 0.388 e. The summed E-state index contributed by atoms with van der Waals surface area (Å²) in [4.78, 5) is 8.43. The van der Waals surface area contributed by atoms with Gasteiger partial charge in [0, 0.05) is 30.8 Å². The molecule has 2 heterocycles. The molecule has 2 rings (SSSR count). The number of anilines is 1. The molecule has 0 radical (unpaired) electrons. The Kier molecular flexibility index (Phi) is 3.62. The fraction of sp³-hybridized carbons (Fsp3) is 0.0833. The lowest BCUT2D eigenvalue weighted by molar-refractivity contribution is 1.11. The van der Waals surface area contributed by atoms with Crippen molar-refractivity contribution in [1.29, 1.82) is 0 Å². The molecule has 0 aliphatic rings. The first kappa shape index (κ1) is 11.5. The third-order valence-electron chi connectivity index (χ3n) is 2.23. The number of hydrogen-bond acceptors (Lipinski definition) is 4. The maximum Gasteiger partial charge on any atom is 0.122 e. The third kappa shape index (κ3) is 3.22. The van der Waals surface area contributed by atoms with E-state index in [1.54, 1.807) is 12.4 Å². The fourth-order valence-electron chi connectivity index (χ4n) is 1.38. The zero-order chi connectivity index (χ0) is 12.1. The predicted octanol–water partition coefficient (Wildman–Crippen LogP) is 1.72. The van der Waals surface area contributed by atoms with Gasteiger partial charge < -0.3 is 11.1 Å². The van der Waals surface area contributed by atoms with Gasteiger partial charge in [0.15, 0.2) is 0 Å². The van der Waals surface area contributed by atoms with Crippen molar-refractivity contribution in [3.8, 4) is 0 Å². The summed E-state index contributed by atoms with van der Waals surface area (Å²) >= 11 is 4.88. The summed E-state index contributed by atoms with van der Waals surface area (Å²) in [7, 11) is 0. The molecule has 0 aliphatic heterocycles. The lowest BCUT2D eigenvalue weighted by Crippen LogP contribution is -2.12. The molecular formula is C12H12N4S. The Morgan fingerprint density at radius 3 is 2.94 bits per heavy atom. The number of rotatable bonds is 4. The highest BCUT2D eigenvalue weighted by Crippen LogP contribution is 2.09. The molecular weight excluding hydrogens is 232 g/mol. The van der Waals surface area contributed by atoms with Gasteiger partial charge in [-0.2, -0.15) is 0 Å². The zero-order valence-electron chi connectivity index (χ0n) is 9.13. The molecule has 0 amide bonds. The Balaban J connectivity index is 2.04. The zero-order valence-corrected chi connectivity index (χ0v) is 9.95. The molecule has 0 fully saturated rings. The quantitative estimate of drug-likeness (QED) is 0.802. The Morgan fingerprint density at radius 2 is 2.24 bits per heavy atom. The first-order valence-electron chi connectivity index (χ1n) is 5.14. The fourth-order valence-corrected chi connectivity index (χ4v) is 1.49. The van der Waals surface area contributed by atoms with Crippen molar-refractivity contribution in [2.24, 2.45) is 5.73 Å². The molecule has 17 heavy (non-hydrogen) atoms. The van der Waals surface area contributed by atoms with Crippen LogP contribution >= 0.6 is 12.2 Å². The van der Waals surface area contributed by atoms with Gasteiger partial charge in [0.2, 0.25) is 0 Å². The summed E-state index contributed by atoms with van der Waals surface area (Å²) in [6.45, 7) is 0.703. The average Bonchev–Trinajstić information content (AvgIpc) is 2.38. The molecule has 3 N–H and O–H groups in total. The number of nitrogens with zero attached hydrogens (tertiary/aromatic N) is 2. The van der Waals surface area contributed by atoms with Crippen LogP contribution in [0.1, 0.15) is 11.3 Å². The topological polar surface area (TPSA) is 63.8 Å². The molecule has 0 saturated heterocycles. The van der Waals surface area contributed by atoms with Crippen LogP contribution in [0, 0.1) is 0 Å². The van der Waals surface area contributed by atoms with Gasteiger partial charge in [-0.25, -0.2) is 0 Å². The van der Waals surface area contributed by atoms with E-state index in [-0.39, 0.29) is 0 Å². The van der Waals surface area contributed by atoms with Crippen molar-refractivity contribution in [3.63, 3.8) is 0 Å². The monoisotopic (exact) mass is 244 g/mol. The van der Waals surface area contributed by atoms with Crippen LogP contribution in [0.3, 0.4) is 0 Å². The summed E-state index contributed by atoms with van der Waals surface area (Å²) in [5.74, 6) is 0. The average molecular weight is 244 g/mol. The van der Waals surface area contributed by atoms with E-state index in [0.717, 1.165) is 11.3 Å². The minimum Gasteiger partial charge on any atom is -0.388 e. The highest BCUT2D eigenvalue weighted by molar-refractivity contribution is 7.80. The van der Waals surface area contributed by atoms with Gasteiger partial charge in [-0.15, -0.1) is 0 Å². The molecule has 2 aromatic heterocycles.